The Balaban J connectivity index is 2.37. The molecule has 2 rings (SSSR count). The lowest BCUT2D eigenvalue weighted by molar-refractivity contribution is 0.937. The Labute approximate surface area is 82.2 Å². The van der Waals surface area contributed by atoms with Crippen LogP contribution in [0.3, 0.4) is 0 Å². The van der Waals surface area contributed by atoms with E-state index in [1.807, 2.05) is 12.1 Å². The first-order chi connectivity index (χ1) is 6.92. The Bertz CT molecular complexity index is 394. The van der Waals surface area contributed by atoms with Gasteiger partial charge >= 0.3 is 0 Å². The highest BCUT2D eigenvalue weighted by Gasteiger charge is 2.06. The number of hydrogen-bond acceptors (Lipinski definition) is 3. The number of H-pyrrole nitrogens is 1. The first-order valence-corrected chi connectivity index (χ1v) is 4.54. The quantitative estimate of drug-likeness (QED) is 0.754. The van der Waals surface area contributed by atoms with Crippen LogP contribution in [-0.4, -0.2) is 21.5 Å². The minimum Gasteiger partial charge on any atom is -0.348 e. The first-order valence-electron chi connectivity index (χ1n) is 4.54. The minimum atomic E-state index is 0.625. The second kappa shape index (κ2) is 4.02. The molecule has 72 valence electrons. The number of aromatic nitrogens is 3. The van der Waals surface area contributed by atoms with Crippen molar-refractivity contribution in [3.8, 4) is 11.3 Å². The number of aromatic amines is 1. The molecule has 0 spiro atoms. The molecule has 14 heavy (non-hydrogen) atoms. The molecule has 0 unspecified atom stereocenters. The summed E-state index contributed by atoms with van der Waals surface area (Å²) in [7, 11) is 0. The fraction of sp³-hybridized carbons (Fsp3) is 0.200. The van der Waals surface area contributed by atoms with Gasteiger partial charge in [-0.25, -0.2) is 4.98 Å². The van der Waals surface area contributed by atoms with Gasteiger partial charge in [-0.1, -0.05) is 0 Å². The molecule has 0 aliphatic heterocycles. The molecule has 0 saturated heterocycles. The van der Waals surface area contributed by atoms with Crippen molar-refractivity contribution in [3.63, 3.8) is 0 Å². The zero-order chi connectivity index (χ0) is 9.80. The number of pyridine rings is 1. The standard InChI is InChI=1S/C10H12N4/c11-4-1-9-10(14-7-13-9)8-2-5-12-6-3-8/h2-3,5-7H,1,4,11H2,(H,13,14). The summed E-state index contributed by atoms with van der Waals surface area (Å²) in [5.41, 5.74) is 8.63. The van der Waals surface area contributed by atoms with Crippen LogP contribution in [0.5, 0.6) is 0 Å². The molecule has 0 aliphatic carbocycles. The Hall–Kier alpha value is -1.68. The van der Waals surface area contributed by atoms with E-state index in [-0.39, 0.29) is 0 Å². The highest BCUT2D eigenvalue weighted by atomic mass is 14.9. The largest absolute Gasteiger partial charge is 0.348 e. The summed E-state index contributed by atoms with van der Waals surface area (Å²) in [6, 6.07) is 3.88. The predicted octanol–water partition coefficient (Wildman–Crippen LogP) is 0.973. The van der Waals surface area contributed by atoms with E-state index in [4.69, 9.17) is 5.73 Å². The zero-order valence-electron chi connectivity index (χ0n) is 7.77. The fourth-order valence-electron chi connectivity index (χ4n) is 1.41. The smallest absolute Gasteiger partial charge is 0.0929 e. The molecule has 0 bridgehead atoms. The van der Waals surface area contributed by atoms with Crippen molar-refractivity contribution in [1.29, 1.82) is 0 Å². The van der Waals surface area contributed by atoms with Gasteiger partial charge in [0.2, 0.25) is 0 Å². The minimum absolute atomic E-state index is 0.625. The molecule has 0 fully saturated rings. The number of imidazole rings is 1. The SMILES string of the molecule is NCCc1[nH]cnc1-c1ccncc1. The summed E-state index contributed by atoms with van der Waals surface area (Å²) < 4.78 is 0. The zero-order valence-corrected chi connectivity index (χ0v) is 7.77. The van der Waals surface area contributed by atoms with Gasteiger partial charge in [-0.15, -0.1) is 0 Å². The van der Waals surface area contributed by atoms with Crippen LogP contribution in [0.25, 0.3) is 11.3 Å². The van der Waals surface area contributed by atoms with Crippen LogP contribution in [0.15, 0.2) is 30.9 Å². The second-order valence-electron chi connectivity index (χ2n) is 3.00. The van der Waals surface area contributed by atoms with Gasteiger partial charge < -0.3 is 10.7 Å². The predicted molar refractivity (Wildman–Crippen MR) is 54.6 cm³/mol. The Morgan fingerprint density at radius 1 is 1.29 bits per heavy atom. The molecule has 0 saturated carbocycles. The number of nitrogens with zero attached hydrogens (tertiary/aromatic N) is 2. The number of rotatable bonds is 3. The molecule has 0 radical (unpaired) electrons. The number of hydrogen-bond donors (Lipinski definition) is 2. The molecule has 4 nitrogen and oxygen atoms in total. The molecular formula is C10H12N4. The van der Waals surface area contributed by atoms with E-state index in [0.29, 0.717) is 6.54 Å². The molecular weight excluding hydrogens is 176 g/mol. The van der Waals surface area contributed by atoms with Gasteiger partial charge in [0.05, 0.1) is 12.0 Å². The van der Waals surface area contributed by atoms with Gasteiger partial charge in [0.25, 0.3) is 0 Å². The summed E-state index contributed by atoms with van der Waals surface area (Å²) in [5.74, 6) is 0. The first kappa shape index (κ1) is 8.90. The molecule has 2 heterocycles. The summed E-state index contributed by atoms with van der Waals surface area (Å²) >= 11 is 0. The van der Waals surface area contributed by atoms with Gasteiger partial charge in [-0.05, 0) is 18.7 Å². The second-order valence-corrected chi connectivity index (χ2v) is 3.00. The summed E-state index contributed by atoms with van der Waals surface area (Å²) in [5, 5.41) is 0. The summed E-state index contributed by atoms with van der Waals surface area (Å²) in [4.78, 5) is 11.3. The topological polar surface area (TPSA) is 67.6 Å². The third kappa shape index (κ3) is 1.65. The Morgan fingerprint density at radius 3 is 2.79 bits per heavy atom. The summed E-state index contributed by atoms with van der Waals surface area (Å²) in [6.07, 6.45) is 6.03. The highest BCUT2D eigenvalue weighted by molar-refractivity contribution is 5.60. The van der Waals surface area contributed by atoms with Crippen molar-refractivity contribution in [3.05, 3.63) is 36.5 Å². The van der Waals surface area contributed by atoms with Gasteiger partial charge in [0.15, 0.2) is 0 Å². The lowest BCUT2D eigenvalue weighted by Crippen LogP contribution is -2.03. The van der Waals surface area contributed by atoms with E-state index in [1.54, 1.807) is 18.7 Å². The van der Waals surface area contributed by atoms with E-state index in [1.165, 1.54) is 0 Å². The van der Waals surface area contributed by atoms with Crippen LogP contribution >= 0.6 is 0 Å². The molecule has 2 aromatic rings. The van der Waals surface area contributed by atoms with Crippen LogP contribution in [0.1, 0.15) is 5.69 Å². The molecule has 0 aromatic carbocycles. The average Bonchev–Trinajstić information content (AvgIpc) is 2.68. The fourth-order valence-corrected chi connectivity index (χ4v) is 1.41. The van der Waals surface area contributed by atoms with Crippen molar-refractivity contribution in [2.75, 3.05) is 6.54 Å². The normalized spacial score (nSPS) is 10.4. The van der Waals surface area contributed by atoms with E-state index in [2.05, 4.69) is 15.0 Å². The molecule has 0 aliphatic rings. The van der Waals surface area contributed by atoms with Crippen molar-refractivity contribution < 1.29 is 0 Å². The van der Waals surface area contributed by atoms with E-state index in [9.17, 15) is 0 Å². The Kier molecular flexibility index (Phi) is 2.55. The van der Waals surface area contributed by atoms with E-state index in [0.717, 1.165) is 23.4 Å². The van der Waals surface area contributed by atoms with E-state index >= 15 is 0 Å². The van der Waals surface area contributed by atoms with E-state index < -0.39 is 0 Å². The highest BCUT2D eigenvalue weighted by Crippen LogP contribution is 2.18. The maximum Gasteiger partial charge on any atom is 0.0929 e. The van der Waals surface area contributed by atoms with Gasteiger partial charge in [0.1, 0.15) is 0 Å². The van der Waals surface area contributed by atoms with Crippen molar-refractivity contribution in [2.45, 2.75) is 6.42 Å². The molecule has 0 atom stereocenters. The third-order valence-electron chi connectivity index (χ3n) is 2.07. The lowest BCUT2D eigenvalue weighted by Gasteiger charge is -2.00. The van der Waals surface area contributed by atoms with Crippen LogP contribution in [-0.2, 0) is 6.42 Å². The monoisotopic (exact) mass is 188 g/mol. The third-order valence-corrected chi connectivity index (χ3v) is 2.07. The molecule has 3 N–H and O–H groups in total. The van der Waals surface area contributed by atoms with Gasteiger partial charge in [-0.3, -0.25) is 4.98 Å². The van der Waals surface area contributed by atoms with Crippen LogP contribution < -0.4 is 5.73 Å². The molecule has 2 aromatic heterocycles. The van der Waals surface area contributed by atoms with Gasteiger partial charge in [0, 0.05) is 30.1 Å². The van der Waals surface area contributed by atoms with Crippen molar-refractivity contribution in [1.82, 2.24) is 15.0 Å². The van der Waals surface area contributed by atoms with Gasteiger partial charge in [-0.2, -0.15) is 0 Å². The van der Waals surface area contributed by atoms with Crippen LogP contribution in [0.2, 0.25) is 0 Å². The van der Waals surface area contributed by atoms with Crippen LogP contribution in [0.4, 0.5) is 0 Å². The average molecular weight is 188 g/mol. The van der Waals surface area contributed by atoms with Crippen molar-refractivity contribution in [2.24, 2.45) is 5.73 Å². The molecule has 4 heteroatoms. The number of nitrogens with one attached hydrogen (secondary N) is 1. The lowest BCUT2D eigenvalue weighted by atomic mass is 10.1. The maximum absolute atomic E-state index is 5.51. The Morgan fingerprint density at radius 2 is 2.07 bits per heavy atom. The summed E-state index contributed by atoms with van der Waals surface area (Å²) in [6.45, 7) is 0.625. The molecule has 0 amide bonds. The van der Waals surface area contributed by atoms with Crippen molar-refractivity contribution >= 4 is 0 Å². The van der Waals surface area contributed by atoms with Crippen LogP contribution in [0, 0.1) is 0 Å². The number of nitrogens with two attached hydrogens (primary N) is 1. The maximum atomic E-state index is 5.51.